The van der Waals surface area contributed by atoms with Gasteiger partial charge in [-0.2, -0.15) is 0 Å². The number of hydrogen-bond acceptors (Lipinski definition) is 5. The fraction of sp³-hybridized carbons (Fsp3) is 0.381. The van der Waals surface area contributed by atoms with Crippen molar-refractivity contribution in [3.8, 4) is 0 Å². The van der Waals surface area contributed by atoms with Crippen molar-refractivity contribution in [2.24, 2.45) is 7.05 Å². The van der Waals surface area contributed by atoms with Gasteiger partial charge in [0.2, 0.25) is 5.91 Å². The van der Waals surface area contributed by atoms with E-state index in [0.717, 1.165) is 60.8 Å². The molecule has 3 aromatic rings. The number of pyridine rings is 1. The summed E-state index contributed by atoms with van der Waals surface area (Å²) in [5.74, 6) is 1.21. The van der Waals surface area contributed by atoms with Crippen molar-refractivity contribution in [2.75, 3.05) is 31.9 Å². The molecule has 1 aliphatic rings. The molecule has 1 aliphatic heterocycles. The van der Waals surface area contributed by atoms with Crippen LogP contribution in [0, 0.1) is 5.82 Å². The molecule has 1 fully saturated rings. The van der Waals surface area contributed by atoms with Crippen LogP contribution in [0.2, 0.25) is 0 Å². The second-order valence-electron chi connectivity index (χ2n) is 7.22. The third-order valence-electron chi connectivity index (χ3n) is 5.24. The lowest BCUT2D eigenvalue weighted by Crippen LogP contribution is -2.36. The van der Waals surface area contributed by atoms with Crippen LogP contribution in [0.1, 0.15) is 12.2 Å². The topological polar surface area (TPSA) is 54.3 Å². The summed E-state index contributed by atoms with van der Waals surface area (Å²) in [7, 11) is 2.00. The average molecular weight is 414 g/mol. The highest BCUT2D eigenvalue weighted by molar-refractivity contribution is 8.00. The zero-order valence-corrected chi connectivity index (χ0v) is 17.2. The Bertz CT molecular complexity index is 1010. The summed E-state index contributed by atoms with van der Waals surface area (Å²) in [6, 6.07) is 6.40. The molecule has 1 aromatic carbocycles. The predicted molar refractivity (Wildman–Crippen MR) is 112 cm³/mol. The first kappa shape index (κ1) is 19.8. The van der Waals surface area contributed by atoms with Crippen LogP contribution in [-0.2, 0) is 18.4 Å². The van der Waals surface area contributed by atoms with Gasteiger partial charge in [-0.25, -0.2) is 9.37 Å². The van der Waals surface area contributed by atoms with Crippen molar-refractivity contribution in [3.05, 3.63) is 54.5 Å². The molecule has 0 saturated carbocycles. The Morgan fingerprint density at radius 2 is 2.03 bits per heavy atom. The van der Waals surface area contributed by atoms with Crippen molar-refractivity contribution in [3.63, 3.8) is 0 Å². The number of carbonyl (C=O) groups is 1. The van der Waals surface area contributed by atoms with Crippen LogP contribution in [0.5, 0.6) is 0 Å². The minimum absolute atomic E-state index is 0.121. The Hall–Kier alpha value is -2.45. The minimum atomic E-state index is -0.293. The molecular weight excluding hydrogens is 389 g/mol. The van der Waals surface area contributed by atoms with Gasteiger partial charge < -0.3 is 9.47 Å². The number of nitrogens with zero attached hydrogens (tertiary/aromatic N) is 5. The van der Waals surface area contributed by atoms with E-state index in [4.69, 9.17) is 0 Å². The first-order valence-electron chi connectivity index (χ1n) is 9.73. The molecule has 0 radical (unpaired) electrons. The summed E-state index contributed by atoms with van der Waals surface area (Å²) in [6.07, 6.45) is 6.42. The average Bonchev–Trinajstić information content (AvgIpc) is 2.98. The van der Waals surface area contributed by atoms with E-state index in [9.17, 15) is 9.18 Å². The Kier molecular flexibility index (Phi) is 6.10. The third kappa shape index (κ3) is 4.76. The molecule has 1 saturated heterocycles. The van der Waals surface area contributed by atoms with Gasteiger partial charge in [0, 0.05) is 62.1 Å². The molecular formula is C21H24FN5OS. The summed E-state index contributed by atoms with van der Waals surface area (Å²) >= 11 is 1.45. The molecule has 3 heterocycles. The van der Waals surface area contributed by atoms with Gasteiger partial charge in [-0.15, -0.1) is 11.8 Å². The lowest BCUT2D eigenvalue weighted by atomic mass is 10.2. The van der Waals surface area contributed by atoms with Gasteiger partial charge in [0.25, 0.3) is 0 Å². The van der Waals surface area contributed by atoms with Crippen molar-refractivity contribution < 1.29 is 9.18 Å². The molecule has 0 atom stereocenters. The number of rotatable bonds is 5. The SMILES string of the molecule is Cn1ccnc1CN1CCCN(C(=O)CSc2ccnc3ccc(F)cc23)CC1. The molecule has 1 amide bonds. The van der Waals surface area contributed by atoms with Crippen LogP contribution < -0.4 is 0 Å². The molecule has 0 bridgehead atoms. The molecule has 152 valence electrons. The molecule has 8 heteroatoms. The summed E-state index contributed by atoms with van der Waals surface area (Å²) in [5.41, 5.74) is 0.739. The van der Waals surface area contributed by atoms with Crippen LogP contribution in [-0.4, -0.2) is 62.2 Å². The van der Waals surface area contributed by atoms with E-state index >= 15 is 0 Å². The summed E-state index contributed by atoms with van der Waals surface area (Å²) in [6.45, 7) is 4.08. The zero-order valence-electron chi connectivity index (χ0n) is 16.4. The number of halogens is 1. The first-order valence-corrected chi connectivity index (χ1v) is 10.7. The maximum Gasteiger partial charge on any atom is 0.232 e. The van der Waals surface area contributed by atoms with Crippen molar-refractivity contribution >= 4 is 28.6 Å². The Balaban J connectivity index is 1.34. The van der Waals surface area contributed by atoms with Gasteiger partial charge in [-0.1, -0.05) is 0 Å². The number of thioether (sulfide) groups is 1. The maximum absolute atomic E-state index is 13.6. The monoisotopic (exact) mass is 413 g/mol. The largest absolute Gasteiger partial charge is 0.341 e. The lowest BCUT2D eigenvalue weighted by molar-refractivity contribution is -0.128. The minimum Gasteiger partial charge on any atom is -0.341 e. The number of amides is 1. The number of carbonyl (C=O) groups excluding carboxylic acids is 1. The standard InChI is InChI=1S/C21H24FN5OS/c1-25-10-7-24-20(25)14-26-8-2-9-27(12-11-26)21(28)15-29-19-5-6-23-18-4-3-16(22)13-17(18)19/h3-7,10,13H,2,8-9,11-12,14-15H2,1H3. The summed E-state index contributed by atoms with van der Waals surface area (Å²) < 4.78 is 15.7. The molecule has 29 heavy (non-hydrogen) atoms. The number of aromatic nitrogens is 3. The number of hydrogen-bond donors (Lipinski definition) is 0. The zero-order chi connectivity index (χ0) is 20.2. The van der Waals surface area contributed by atoms with Crippen LogP contribution in [0.25, 0.3) is 10.9 Å². The van der Waals surface area contributed by atoms with Gasteiger partial charge in [0.05, 0.1) is 17.8 Å². The van der Waals surface area contributed by atoms with Crippen LogP contribution in [0.3, 0.4) is 0 Å². The number of aryl methyl sites for hydroxylation is 1. The molecule has 0 unspecified atom stereocenters. The molecule has 4 rings (SSSR count). The third-order valence-corrected chi connectivity index (χ3v) is 6.30. The fourth-order valence-electron chi connectivity index (χ4n) is 3.58. The van der Waals surface area contributed by atoms with Crippen molar-refractivity contribution in [2.45, 2.75) is 17.9 Å². The Morgan fingerprint density at radius 3 is 2.86 bits per heavy atom. The van der Waals surface area contributed by atoms with Gasteiger partial charge in [0.1, 0.15) is 11.6 Å². The number of imidazole rings is 1. The van der Waals surface area contributed by atoms with E-state index in [2.05, 4.69) is 14.9 Å². The van der Waals surface area contributed by atoms with E-state index in [1.807, 2.05) is 35.0 Å². The number of benzene rings is 1. The second-order valence-corrected chi connectivity index (χ2v) is 8.24. The highest BCUT2D eigenvalue weighted by atomic mass is 32.2. The van der Waals surface area contributed by atoms with E-state index in [1.165, 1.54) is 23.9 Å². The van der Waals surface area contributed by atoms with Gasteiger partial charge in [0.15, 0.2) is 0 Å². The van der Waals surface area contributed by atoms with Gasteiger partial charge in [-0.3, -0.25) is 14.7 Å². The van der Waals surface area contributed by atoms with Gasteiger partial charge >= 0.3 is 0 Å². The summed E-state index contributed by atoms with van der Waals surface area (Å²) in [5, 5.41) is 0.752. The van der Waals surface area contributed by atoms with Crippen molar-refractivity contribution in [1.82, 2.24) is 24.3 Å². The molecule has 0 N–H and O–H groups in total. The number of fused-ring (bicyclic) bond motifs is 1. The molecule has 2 aromatic heterocycles. The Morgan fingerprint density at radius 1 is 1.14 bits per heavy atom. The second kappa shape index (κ2) is 8.92. The summed E-state index contributed by atoms with van der Waals surface area (Å²) in [4.78, 5) is 26.6. The van der Waals surface area contributed by atoms with E-state index in [-0.39, 0.29) is 11.7 Å². The van der Waals surface area contributed by atoms with E-state index in [0.29, 0.717) is 5.75 Å². The molecule has 0 aliphatic carbocycles. The maximum atomic E-state index is 13.6. The highest BCUT2D eigenvalue weighted by Crippen LogP contribution is 2.27. The highest BCUT2D eigenvalue weighted by Gasteiger charge is 2.20. The van der Waals surface area contributed by atoms with Crippen LogP contribution in [0.15, 0.2) is 47.8 Å². The van der Waals surface area contributed by atoms with Crippen molar-refractivity contribution in [1.29, 1.82) is 0 Å². The smallest absolute Gasteiger partial charge is 0.232 e. The first-order chi connectivity index (χ1) is 14.1. The Labute approximate surface area is 173 Å². The molecule has 6 nitrogen and oxygen atoms in total. The molecule has 0 spiro atoms. The van der Waals surface area contributed by atoms with E-state index in [1.54, 1.807) is 12.3 Å². The van der Waals surface area contributed by atoms with E-state index < -0.39 is 0 Å². The predicted octanol–water partition coefficient (Wildman–Crippen LogP) is 2.93. The fourth-order valence-corrected chi connectivity index (χ4v) is 4.51. The van der Waals surface area contributed by atoms with Crippen LogP contribution >= 0.6 is 11.8 Å². The lowest BCUT2D eigenvalue weighted by Gasteiger charge is -2.22. The van der Waals surface area contributed by atoms with Crippen LogP contribution in [0.4, 0.5) is 4.39 Å². The normalized spacial score (nSPS) is 15.6. The van der Waals surface area contributed by atoms with Gasteiger partial charge in [-0.05, 0) is 30.7 Å². The quantitative estimate of drug-likeness (QED) is 0.602.